The summed E-state index contributed by atoms with van der Waals surface area (Å²) < 4.78 is 5.86. The van der Waals surface area contributed by atoms with Crippen molar-refractivity contribution in [3.05, 3.63) is 60.2 Å². The molecule has 0 radical (unpaired) electrons. The first-order valence-corrected chi connectivity index (χ1v) is 6.86. The second-order valence-electron chi connectivity index (χ2n) is 4.40. The fraction of sp³-hybridized carbons (Fsp3) is 0.250. The molecule has 1 N–H and O–H groups in total. The predicted molar refractivity (Wildman–Crippen MR) is 82.9 cm³/mol. The molecule has 0 fully saturated rings. The molecule has 0 saturated heterocycles. The lowest BCUT2D eigenvalue weighted by Gasteiger charge is -2.18. The monoisotopic (exact) mass is 253 g/mol. The average molecular weight is 253 g/mol. The highest BCUT2D eigenvalue weighted by Crippen LogP contribution is 2.08. The van der Waals surface area contributed by atoms with Gasteiger partial charge < -0.3 is 9.88 Å². The molecule has 98 valence electrons. The molecule has 0 aromatic heterocycles. The van der Waals surface area contributed by atoms with Crippen LogP contribution in [0.1, 0.15) is 19.4 Å². The van der Waals surface area contributed by atoms with E-state index in [9.17, 15) is 0 Å². The van der Waals surface area contributed by atoms with Gasteiger partial charge in [-0.15, -0.1) is 0 Å². The Bertz CT molecular complexity index is 501. The Hall–Kier alpha value is -1.74. The second-order valence-corrected chi connectivity index (χ2v) is 4.40. The van der Waals surface area contributed by atoms with E-state index in [1.165, 1.54) is 11.0 Å². The third-order valence-corrected chi connectivity index (χ3v) is 3.12. The lowest BCUT2D eigenvalue weighted by Crippen LogP contribution is -2.43. The average Bonchev–Trinajstić information content (AvgIpc) is 2.48. The fourth-order valence-corrected chi connectivity index (χ4v) is 2.17. The largest absolute Gasteiger partial charge is 0.449 e. The molecule has 0 unspecified atom stereocenters. The van der Waals surface area contributed by atoms with Crippen molar-refractivity contribution in [2.45, 2.75) is 20.3 Å². The van der Waals surface area contributed by atoms with Crippen LogP contribution in [0.5, 0.6) is 0 Å². The molecular formula is C16H20BNO. The van der Waals surface area contributed by atoms with Crippen molar-refractivity contribution >= 4 is 18.2 Å². The zero-order chi connectivity index (χ0) is 13.5. The number of hydrogen-bond donors (Lipinski definition) is 1. The molecule has 0 saturated carbocycles. The van der Waals surface area contributed by atoms with Crippen molar-refractivity contribution in [3.63, 3.8) is 0 Å². The normalized spacial score (nSPS) is 10.2. The van der Waals surface area contributed by atoms with Crippen LogP contribution in [0.4, 0.5) is 5.69 Å². The van der Waals surface area contributed by atoms with E-state index in [4.69, 9.17) is 4.65 Å². The summed E-state index contributed by atoms with van der Waals surface area (Å²) in [7, 11) is -0.0939. The van der Waals surface area contributed by atoms with E-state index >= 15 is 0 Å². The molecule has 0 aliphatic carbocycles. The maximum absolute atomic E-state index is 5.86. The molecule has 2 nitrogen and oxygen atoms in total. The summed E-state index contributed by atoms with van der Waals surface area (Å²) in [6.07, 6.45) is 1.01. The van der Waals surface area contributed by atoms with Crippen LogP contribution in [0, 0.1) is 0 Å². The maximum atomic E-state index is 5.86. The van der Waals surface area contributed by atoms with Crippen LogP contribution in [0.3, 0.4) is 0 Å². The van der Waals surface area contributed by atoms with Gasteiger partial charge in [-0.25, -0.2) is 0 Å². The van der Waals surface area contributed by atoms with Gasteiger partial charge in [-0.2, -0.15) is 0 Å². The van der Waals surface area contributed by atoms with E-state index in [1.807, 2.05) is 25.1 Å². The van der Waals surface area contributed by atoms with Crippen LogP contribution in [-0.4, -0.2) is 13.7 Å². The van der Waals surface area contributed by atoms with Crippen LogP contribution in [0.25, 0.3) is 0 Å². The number of benzene rings is 2. The lowest BCUT2D eigenvalue weighted by atomic mass is 9.70. The molecule has 19 heavy (non-hydrogen) atoms. The van der Waals surface area contributed by atoms with Crippen molar-refractivity contribution in [2.24, 2.45) is 0 Å². The summed E-state index contributed by atoms with van der Waals surface area (Å²) in [5, 5.41) is 3.45. The Morgan fingerprint density at radius 2 is 1.63 bits per heavy atom. The lowest BCUT2D eigenvalue weighted by molar-refractivity contribution is 0.354. The zero-order valence-electron chi connectivity index (χ0n) is 11.6. The minimum absolute atomic E-state index is 0.0939. The van der Waals surface area contributed by atoms with Crippen molar-refractivity contribution in [3.8, 4) is 0 Å². The Labute approximate surface area is 115 Å². The van der Waals surface area contributed by atoms with E-state index in [2.05, 4.69) is 48.5 Å². The summed E-state index contributed by atoms with van der Waals surface area (Å²) in [5.41, 5.74) is 3.62. The highest BCUT2D eigenvalue weighted by molar-refractivity contribution is 6.70. The van der Waals surface area contributed by atoms with Crippen molar-refractivity contribution in [1.82, 2.24) is 0 Å². The quantitative estimate of drug-likeness (QED) is 0.799. The van der Waals surface area contributed by atoms with Gasteiger partial charge in [0.1, 0.15) is 0 Å². The molecule has 3 heteroatoms. The molecule has 2 aromatic rings. The SMILES string of the molecule is CCOB(Nc1ccccc1)c1ccccc1CC. The number of nitrogens with one attached hydrogen (secondary N) is 1. The molecule has 0 heterocycles. The highest BCUT2D eigenvalue weighted by atomic mass is 16.4. The Kier molecular flexibility index (Phi) is 5.05. The van der Waals surface area contributed by atoms with Gasteiger partial charge >= 0.3 is 7.05 Å². The molecule has 2 aromatic carbocycles. The van der Waals surface area contributed by atoms with E-state index < -0.39 is 0 Å². The number of anilines is 1. The van der Waals surface area contributed by atoms with Crippen LogP contribution >= 0.6 is 0 Å². The third kappa shape index (κ3) is 3.61. The van der Waals surface area contributed by atoms with Gasteiger partial charge in [-0.3, -0.25) is 0 Å². The van der Waals surface area contributed by atoms with Gasteiger partial charge in [0.25, 0.3) is 0 Å². The maximum Gasteiger partial charge on any atom is 0.449 e. The summed E-state index contributed by atoms with van der Waals surface area (Å²) in [6.45, 7) is 4.88. The van der Waals surface area contributed by atoms with E-state index in [-0.39, 0.29) is 7.05 Å². The number of rotatable bonds is 6. The van der Waals surface area contributed by atoms with Gasteiger partial charge in [0.05, 0.1) is 0 Å². The molecular weight excluding hydrogens is 233 g/mol. The molecule has 0 amide bonds. The van der Waals surface area contributed by atoms with Crippen molar-refractivity contribution in [2.75, 3.05) is 11.8 Å². The Morgan fingerprint density at radius 1 is 0.947 bits per heavy atom. The third-order valence-electron chi connectivity index (χ3n) is 3.12. The Morgan fingerprint density at radius 3 is 2.32 bits per heavy atom. The van der Waals surface area contributed by atoms with Gasteiger partial charge in [0.2, 0.25) is 0 Å². The number of para-hydroxylation sites is 1. The van der Waals surface area contributed by atoms with Gasteiger partial charge in [-0.05, 0) is 36.5 Å². The van der Waals surface area contributed by atoms with Crippen molar-refractivity contribution < 1.29 is 4.65 Å². The minimum atomic E-state index is -0.0939. The predicted octanol–water partition coefficient (Wildman–Crippen LogP) is 3.09. The van der Waals surface area contributed by atoms with Crippen LogP contribution in [0.15, 0.2) is 54.6 Å². The minimum Gasteiger partial charge on any atom is -0.413 e. The van der Waals surface area contributed by atoms with E-state index in [1.54, 1.807) is 0 Å². The summed E-state index contributed by atoms with van der Waals surface area (Å²) >= 11 is 0. The van der Waals surface area contributed by atoms with E-state index in [0.717, 1.165) is 12.1 Å². The fourth-order valence-electron chi connectivity index (χ4n) is 2.17. The topological polar surface area (TPSA) is 21.3 Å². The van der Waals surface area contributed by atoms with Crippen LogP contribution in [0.2, 0.25) is 0 Å². The summed E-state index contributed by atoms with van der Waals surface area (Å²) in [4.78, 5) is 0. The molecule has 0 bridgehead atoms. The summed E-state index contributed by atoms with van der Waals surface area (Å²) in [6, 6.07) is 18.6. The number of hydrogen-bond acceptors (Lipinski definition) is 2. The van der Waals surface area contributed by atoms with Crippen LogP contribution in [-0.2, 0) is 11.1 Å². The van der Waals surface area contributed by atoms with Crippen LogP contribution < -0.4 is 10.7 Å². The molecule has 0 spiro atoms. The van der Waals surface area contributed by atoms with Gasteiger partial charge in [-0.1, -0.05) is 49.4 Å². The van der Waals surface area contributed by atoms with Gasteiger partial charge in [0, 0.05) is 12.3 Å². The second kappa shape index (κ2) is 7.00. The van der Waals surface area contributed by atoms with Crippen molar-refractivity contribution in [1.29, 1.82) is 0 Å². The number of aryl methyl sites for hydroxylation is 1. The first kappa shape index (κ1) is 13.7. The Balaban J connectivity index is 2.24. The first-order chi connectivity index (χ1) is 9.35. The molecule has 0 aliphatic heterocycles. The zero-order valence-corrected chi connectivity index (χ0v) is 11.6. The standard InChI is InChI=1S/C16H20BNO/c1-3-14-10-8-9-13-16(14)17(19-4-2)18-15-11-6-5-7-12-15/h5-13,18H,3-4H2,1-2H3. The van der Waals surface area contributed by atoms with Gasteiger partial charge in [0.15, 0.2) is 0 Å². The van der Waals surface area contributed by atoms with E-state index in [0.29, 0.717) is 6.61 Å². The molecule has 0 aliphatic rings. The smallest absolute Gasteiger partial charge is 0.413 e. The first-order valence-electron chi connectivity index (χ1n) is 6.86. The molecule has 2 rings (SSSR count). The highest BCUT2D eigenvalue weighted by Gasteiger charge is 2.21. The molecule has 0 atom stereocenters. The summed E-state index contributed by atoms with van der Waals surface area (Å²) in [5.74, 6) is 0.